The van der Waals surface area contributed by atoms with Crippen molar-refractivity contribution in [2.75, 3.05) is 18.5 Å². The van der Waals surface area contributed by atoms with Crippen molar-refractivity contribution < 1.29 is 0 Å². The molecule has 0 fully saturated rings. The van der Waals surface area contributed by atoms with Crippen LogP contribution >= 0.6 is 0 Å². The Balaban J connectivity index is 2.12. The Labute approximate surface area is 148 Å². The van der Waals surface area contributed by atoms with Gasteiger partial charge in [-0.05, 0) is 13.8 Å². The number of hydrogen-bond donors (Lipinski definition) is 0. The van der Waals surface area contributed by atoms with Crippen LogP contribution < -0.4 is 4.90 Å². The Morgan fingerprint density at radius 2 is 1.72 bits per heavy atom. The van der Waals surface area contributed by atoms with Crippen molar-refractivity contribution in [1.29, 1.82) is 0 Å². The molecule has 0 amide bonds. The standard InChI is InChI=1S/C20H21N5/c1-14(2)12-25(4)20-23-11-18(17-9-21-13-22-10-17)19(24-20)16-7-5-15(3)6-8-16/h5-11,13H,1,12H2,2-4H3. The summed E-state index contributed by atoms with van der Waals surface area (Å²) in [6.07, 6.45) is 6.91. The van der Waals surface area contributed by atoms with E-state index in [1.807, 2.05) is 25.1 Å². The summed E-state index contributed by atoms with van der Waals surface area (Å²) in [6, 6.07) is 8.32. The van der Waals surface area contributed by atoms with Gasteiger partial charge in [0, 0.05) is 48.9 Å². The molecule has 0 aliphatic heterocycles. The smallest absolute Gasteiger partial charge is 0.225 e. The summed E-state index contributed by atoms with van der Waals surface area (Å²) in [6.45, 7) is 8.74. The molecule has 126 valence electrons. The van der Waals surface area contributed by atoms with Crippen LogP contribution in [0.25, 0.3) is 22.4 Å². The predicted molar refractivity (Wildman–Crippen MR) is 101 cm³/mol. The normalized spacial score (nSPS) is 10.5. The minimum absolute atomic E-state index is 0.666. The lowest BCUT2D eigenvalue weighted by atomic mass is 10.0. The van der Waals surface area contributed by atoms with Gasteiger partial charge in [0.05, 0.1) is 5.69 Å². The lowest BCUT2D eigenvalue weighted by Crippen LogP contribution is -2.21. The Morgan fingerprint density at radius 3 is 2.36 bits per heavy atom. The van der Waals surface area contributed by atoms with Gasteiger partial charge in [0.15, 0.2) is 0 Å². The zero-order chi connectivity index (χ0) is 17.8. The highest BCUT2D eigenvalue weighted by Crippen LogP contribution is 2.30. The zero-order valence-electron chi connectivity index (χ0n) is 14.8. The maximum absolute atomic E-state index is 4.82. The Kier molecular flexibility index (Phi) is 4.84. The molecule has 0 radical (unpaired) electrons. The summed E-state index contributed by atoms with van der Waals surface area (Å²) in [5.41, 5.74) is 5.99. The third kappa shape index (κ3) is 3.88. The summed E-state index contributed by atoms with van der Waals surface area (Å²) in [4.78, 5) is 19.6. The molecule has 0 aliphatic carbocycles. The molecule has 3 rings (SSSR count). The number of aromatic nitrogens is 4. The van der Waals surface area contributed by atoms with E-state index < -0.39 is 0 Å². The molecule has 0 bridgehead atoms. The van der Waals surface area contributed by atoms with E-state index in [-0.39, 0.29) is 0 Å². The quantitative estimate of drug-likeness (QED) is 0.663. The summed E-state index contributed by atoms with van der Waals surface area (Å²) in [7, 11) is 1.97. The van der Waals surface area contributed by atoms with E-state index in [4.69, 9.17) is 4.98 Å². The van der Waals surface area contributed by atoms with Crippen LogP contribution in [0.4, 0.5) is 5.95 Å². The minimum atomic E-state index is 0.666. The zero-order valence-corrected chi connectivity index (χ0v) is 14.8. The molecule has 0 saturated heterocycles. The number of hydrogen-bond acceptors (Lipinski definition) is 5. The van der Waals surface area contributed by atoms with Crippen LogP contribution in [0.1, 0.15) is 12.5 Å². The van der Waals surface area contributed by atoms with Gasteiger partial charge < -0.3 is 4.90 Å². The Hall–Kier alpha value is -3.08. The van der Waals surface area contributed by atoms with Crippen molar-refractivity contribution in [2.24, 2.45) is 0 Å². The van der Waals surface area contributed by atoms with Crippen LogP contribution in [-0.4, -0.2) is 33.5 Å². The number of anilines is 1. The van der Waals surface area contributed by atoms with Crippen LogP contribution in [0.5, 0.6) is 0 Å². The van der Waals surface area contributed by atoms with E-state index in [2.05, 4.69) is 52.7 Å². The SMILES string of the molecule is C=C(C)CN(C)c1ncc(-c2cncnc2)c(-c2ccc(C)cc2)n1. The molecule has 3 aromatic rings. The van der Waals surface area contributed by atoms with Gasteiger partial charge in [-0.25, -0.2) is 19.9 Å². The van der Waals surface area contributed by atoms with Crippen molar-refractivity contribution >= 4 is 5.95 Å². The summed E-state index contributed by atoms with van der Waals surface area (Å²) < 4.78 is 0. The van der Waals surface area contributed by atoms with Gasteiger partial charge in [-0.2, -0.15) is 0 Å². The second kappa shape index (κ2) is 7.21. The molecule has 1 aromatic carbocycles. The number of nitrogens with zero attached hydrogens (tertiary/aromatic N) is 5. The third-order valence-electron chi connectivity index (χ3n) is 3.82. The minimum Gasteiger partial charge on any atom is -0.340 e. The number of aryl methyl sites for hydroxylation is 1. The molecular formula is C20H21N5. The molecule has 25 heavy (non-hydrogen) atoms. The maximum atomic E-state index is 4.82. The highest BCUT2D eigenvalue weighted by molar-refractivity contribution is 5.80. The van der Waals surface area contributed by atoms with E-state index in [1.54, 1.807) is 12.4 Å². The third-order valence-corrected chi connectivity index (χ3v) is 3.82. The summed E-state index contributed by atoms with van der Waals surface area (Å²) >= 11 is 0. The molecule has 0 aliphatic rings. The van der Waals surface area contributed by atoms with Gasteiger partial charge in [-0.15, -0.1) is 0 Å². The second-order valence-electron chi connectivity index (χ2n) is 6.24. The molecule has 2 aromatic heterocycles. The van der Waals surface area contributed by atoms with Crippen LogP contribution in [0.15, 0.2) is 61.3 Å². The average molecular weight is 331 g/mol. The van der Waals surface area contributed by atoms with Crippen molar-refractivity contribution in [3.05, 3.63) is 66.9 Å². The van der Waals surface area contributed by atoms with E-state index in [9.17, 15) is 0 Å². The molecule has 5 nitrogen and oxygen atoms in total. The van der Waals surface area contributed by atoms with Gasteiger partial charge in [0.2, 0.25) is 5.95 Å². The van der Waals surface area contributed by atoms with Crippen LogP contribution in [-0.2, 0) is 0 Å². The number of rotatable bonds is 5. The van der Waals surface area contributed by atoms with Crippen molar-refractivity contribution in [3.8, 4) is 22.4 Å². The van der Waals surface area contributed by atoms with Crippen molar-refractivity contribution in [2.45, 2.75) is 13.8 Å². The van der Waals surface area contributed by atoms with Crippen molar-refractivity contribution in [1.82, 2.24) is 19.9 Å². The topological polar surface area (TPSA) is 54.8 Å². The monoisotopic (exact) mass is 331 g/mol. The molecule has 0 N–H and O–H groups in total. The van der Waals surface area contributed by atoms with E-state index >= 15 is 0 Å². The summed E-state index contributed by atoms with van der Waals surface area (Å²) in [5.74, 6) is 0.666. The molecular weight excluding hydrogens is 310 g/mol. The predicted octanol–water partition coefficient (Wildman–Crippen LogP) is 3.92. The first-order valence-electron chi connectivity index (χ1n) is 8.09. The van der Waals surface area contributed by atoms with Crippen molar-refractivity contribution in [3.63, 3.8) is 0 Å². The van der Waals surface area contributed by atoms with E-state index in [0.29, 0.717) is 12.5 Å². The highest BCUT2D eigenvalue weighted by atomic mass is 15.2. The Morgan fingerprint density at radius 1 is 1.04 bits per heavy atom. The summed E-state index contributed by atoms with van der Waals surface area (Å²) in [5, 5.41) is 0. The van der Waals surface area contributed by atoms with Crippen LogP contribution in [0.3, 0.4) is 0 Å². The van der Waals surface area contributed by atoms with E-state index in [0.717, 1.165) is 28.0 Å². The first-order valence-corrected chi connectivity index (χ1v) is 8.09. The Bertz CT molecular complexity index is 872. The fourth-order valence-corrected chi connectivity index (χ4v) is 2.61. The van der Waals surface area contributed by atoms with Crippen LogP contribution in [0, 0.1) is 6.92 Å². The average Bonchev–Trinajstić information content (AvgIpc) is 2.62. The van der Waals surface area contributed by atoms with Gasteiger partial charge in [-0.3, -0.25) is 0 Å². The molecule has 0 spiro atoms. The highest BCUT2D eigenvalue weighted by Gasteiger charge is 2.14. The van der Waals surface area contributed by atoms with Gasteiger partial charge in [-0.1, -0.05) is 42.0 Å². The molecule has 2 heterocycles. The molecule has 5 heteroatoms. The molecule has 0 unspecified atom stereocenters. The second-order valence-corrected chi connectivity index (χ2v) is 6.24. The maximum Gasteiger partial charge on any atom is 0.225 e. The number of benzene rings is 1. The van der Waals surface area contributed by atoms with Crippen LogP contribution in [0.2, 0.25) is 0 Å². The van der Waals surface area contributed by atoms with Gasteiger partial charge >= 0.3 is 0 Å². The van der Waals surface area contributed by atoms with E-state index in [1.165, 1.54) is 11.9 Å². The molecule has 0 atom stereocenters. The van der Waals surface area contributed by atoms with Gasteiger partial charge in [0.1, 0.15) is 6.33 Å². The lowest BCUT2D eigenvalue weighted by molar-refractivity contribution is 0.917. The first kappa shape index (κ1) is 16.8. The largest absolute Gasteiger partial charge is 0.340 e. The fraction of sp³-hybridized carbons (Fsp3) is 0.200. The lowest BCUT2D eigenvalue weighted by Gasteiger charge is -2.19. The van der Waals surface area contributed by atoms with Gasteiger partial charge in [0.25, 0.3) is 0 Å². The number of likely N-dealkylation sites (N-methyl/N-ethyl adjacent to an activating group) is 1. The first-order chi connectivity index (χ1) is 12.0. The fourth-order valence-electron chi connectivity index (χ4n) is 2.61. The molecule has 0 saturated carbocycles.